The van der Waals surface area contributed by atoms with Crippen molar-refractivity contribution in [2.75, 3.05) is 68.8 Å². The molecule has 1 aliphatic heterocycles. The van der Waals surface area contributed by atoms with Gasteiger partial charge in [0.05, 0.1) is 30.7 Å². The van der Waals surface area contributed by atoms with Crippen molar-refractivity contribution in [2.24, 2.45) is 0 Å². The zero-order valence-corrected chi connectivity index (χ0v) is 49.0. The summed E-state index contributed by atoms with van der Waals surface area (Å²) >= 11 is 34.5. The van der Waals surface area contributed by atoms with Crippen LogP contribution in [0.15, 0.2) is 140 Å². The van der Waals surface area contributed by atoms with Gasteiger partial charge in [0.25, 0.3) is 0 Å². The van der Waals surface area contributed by atoms with Crippen LogP contribution in [-0.4, -0.2) is 105 Å². The summed E-state index contributed by atoms with van der Waals surface area (Å²) in [4.78, 5) is 21.9. The SMILES string of the molecule is C1CCOC1.COCOc1c(Cl)ccc(O)c1C=O.COCOc1c(Cl)ccc(OCc2ccccc2)c1C=O.COCOc1cc(O)ccc1Cl.COCOc1cc(OCc2ccccc2)ccc1Cl.Oc1cc(Cl)ccc1Cl.[B]. The van der Waals surface area contributed by atoms with Crippen molar-refractivity contribution in [2.45, 2.75) is 26.1 Å². The zero-order chi connectivity index (χ0) is 58.5. The predicted molar refractivity (Wildman–Crippen MR) is 315 cm³/mol. The second-order valence-electron chi connectivity index (χ2n) is 15.7. The average molecular weight is 1240 g/mol. The highest BCUT2D eigenvalue weighted by Crippen LogP contribution is 2.36. The number of hydrogen-bond donors (Lipinski definition) is 3. The minimum absolute atomic E-state index is 0. The molecule has 7 aromatic rings. The molecule has 433 valence electrons. The minimum atomic E-state index is -0.171. The molecule has 0 amide bonds. The lowest BCUT2D eigenvalue weighted by atomic mass is 10.2. The van der Waals surface area contributed by atoms with Gasteiger partial charge in [-0.15, -0.1) is 0 Å². The molecule has 1 fully saturated rings. The van der Waals surface area contributed by atoms with E-state index in [1.807, 2.05) is 66.7 Å². The summed E-state index contributed by atoms with van der Waals surface area (Å²) in [5.74, 6) is 2.45. The van der Waals surface area contributed by atoms with Crippen molar-refractivity contribution in [1.29, 1.82) is 0 Å². The summed E-state index contributed by atoms with van der Waals surface area (Å²) in [7, 11) is 6.00. The van der Waals surface area contributed by atoms with Crippen molar-refractivity contribution >= 4 is 90.6 Å². The van der Waals surface area contributed by atoms with Gasteiger partial charge < -0.3 is 67.4 Å². The Balaban J connectivity index is 0.000000345. The fraction of sp³-hybridized carbons (Fsp3) is 0.241. The number of benzene rings is 7. The van der Waals surface area contributed by atoms with Crippen LogP contribution in [0.5, 0.6) is 51.7 Å². The third-order valence-corrected chi connectivity index (χ3v) is 11.6. The van der Waals surface area contributed by atoms with E-state index in [0.29, 0.717) is 73.9 Å². The second-order valence-corrected chi connectivity index (χ2v) is 18.2. The van der Waals surface area contributed by atoms with Crippen LogP contribution in [0.2, 0.25) is 30.1 Å². The van der Waals surface area contributed by atoms with Crippen molar-refractivity contribution in [1.82, 2.24) is 0 Å². The molecule has 3 N–H and O–H groups in total. The van der Waals surface area contributed by atoms with Gasteiger partial charge in [-0.3, -0.25) is 9.59 Å². The zero-order valence-electron chi connectivity index (χ0n) is 44.5. The molecule has 0 atom stereocenters. The largest absolute Gasteiger partial charge is 0.508 e. The molecule has 0 saturated carbocycles. The molecule has 0 bridgehead atoms. The van der Waals surface area contributed by atoms with E-state index in [2.05, 4.69) is 9.47 Å². The summed E-state index contributed by atoms with van der Waals surface area (Å²) in [5.41, 5.74) is 2.41. The fourth-order valence-corrected chi connectivity index (χ4v) is 7.07. The number of hydrogen-bond acceptors (Lipinski definition) is 16. The molecular formula is C58H60BCl6O16. The first-order valence-corrected chi connectivity index (χ1v) is 26.0. The summed E-state index contributed by atoms with van der Waals surface area (Å²) in [6.45, 7) is 3.09. The third kappa shape index (κ3) is 27.3. The summed E-state index contributed by atoms with van der Waals surface area (Å²) < 4.78 is 56.1. The first-order chi connectivity index (χ1) is 38.7. The monoisotopic (exact) mass is 1230 g/mol. The van der Waals surface area contributed by atoms with Crippen LogP contribution in [0.3, 0.4) is 0 Å². The number of aromatic hydroxyl groups is 3. The summed E-state index contributed by atoms with van der Waals surface area (Å²) in [5, 5.41) is 29.6. The van der Waals surface area contributed by atoms with Crippen LogP contribution in [-0.2, 0) is 36.9 Å². The van der Waals surface area contributed by atoms with E-state index in [9.17, 15) is 14.7 Å². The maximum atomic E-state index is 11.3. The maximum Gasteiger partial charge on any atom is 0.188 e. The topological polar surface area (TPSA) is 196 Å². The van der Waals surface area contributed by atoms with Gasteiger partial charge in [-0.1, -0.05) is 130 Å². The quantitative estimate of drug-likeness (QED) is 0.0370. The molecule has 8 rings (SSSR count). The Bertz CT molecular complexity index is 2880. The number of phenols is 3. The molecule has 7 aromatic carbocycles. The lowest BCUT2D eigenvalue weighted by Gasteiger charge is -2.14. The van der Waals surface area contributed by atoms with E-state index in [1.165, 1.54) is 64.5 Å². The Hall–Kier alpha value is -6.32. The fourth-order valence-electron chi connectivity index (χ4n) is 6.00. The molecule has 0 spiro atoms. The molecule has 23 heteroatoms. The standard InChI is InChI=1S/C16H15ClO4.C15H15ClO3.C9H9ClO4.C8H9ClO3.C6H4Cl2O.C4H8O.B/c1-19-11-21-16-13(9-18)15(8-7-14(16)17)20-10-12-5-3-2-4-6-12;1-17-11-19-15-9-13(7-8-14(15)16)18-10-12-5-3-2-4-6-12;1-13-5-14-9-6(4-11)8(12)3-2-7(9)10;1-11-5-12-8-4-6(10)2-3-7(8)9;7-4-1-2-5(8)6(9)3-4;1-2-4-5-3-1;/h2-9H,10-11H2,1H3;2-9H,10-11H2,1H3;2-4,12H,5H2,1H3;2-4,10H,5H2,1H3;1-3,9H;1-4H2;. The predicted octanol–water partition coefficient (Wildman–Crippen LogP) is 14.6. The van der Waals surface area contributed by atoms with Crippen molar-refractivity contribution in [3.05, 3.63) is 192 Å². The van der Waals surface area contributed by atoms with E-state index in [1.54, 1.807) is 49.6 Å². The number of aldehydes is 2. The number of ether oxygens (including phenoxy) is 11. The van der Waals surface area contributed by atoms with Gasteiger partial charge >= 0.3 is 0 Å². The van der Waals surface area contributed by atoms with Crippen molar-refractivity contribution in [3.63, 3.8) is 0 Å². The molecule has 1 aliphatic rings. The molecular weight excluding hydrogens is 1180 g/mol. The second kappa shape index (κ2) is 41.6. The highest BCUT2D eigenvalue weighted by molar-refractivity contribution is 6.34. The Morgan fingerprint density at radius 3 is 1.38 bits per heavy atom. The van der Waals surface area contributed by atoms with Gasteiger partial charge in [-0.2, -0.15) is 0 Å². The van der Waals surface area contributed by atoms with E-state index in [0.717, 1.165) is 24.3 Å². The lowest BCUT2D eigenvalue weighted by Crippen LogP contribution is -2.04. The molecule has 1 saturated heterocycles. The number of methoxy groups -OCH3 is 4. The van der Waals surface area contributed by atoms with Gasteiger partial charge in [-0.25, -0.2) is 0 Å². The maximum absolute atomic E-state index is 11.3. The van der Waals surface area contributed by atoms with Crippen LogP contribution in [0.1, 0.15) is 44.7 Å². The van der Waals surface area contributed by atoms with E-state index >= 15 is 0 Å². The van der Waals surface area contributed by atoms with Crippen molar-refractivity contribution in [3.8, 4) is 51.7 Å². The molecule has 0 aromatic heterocycles. The summed E-state index contributed by atoms with van der Waals surface area (Å²) in [6.07, 6.45) is 3.70. The highest BCUT2D eigenvalue weighted by atomic mass is 35.5. The number of carbonyl (C=O) groups excluding carboxylic acids is 2. The van der Waals surface area contributed by atoms with Crippen LogP contribution in [0, 0.1) is 0 Å². The van der Waals surface area contributed by atoms with Gasteiger partial charge in [0, 0.05) is 73.3 Å². The Kier molecular flexibility index (Phi) is 36.4. The smallest absolute Gasteiger partial charge is 0.188 e. The van der Waals surface area contributed by atoms with Crippen LogP contribution in [0.25, 0.3) is 0 Å². The first-order valence-electron chi connectivity index (χ1n) is 23.7. The van der Waals surface area contributed by atoms with Crippen molar-refractivity contribution < 1.29 is 77.0 Å². The van der Waals surface area contributed by atoms with E-state index in [4.69, 9.17) is 122 Å². The van der Waals surface area contributed by atoms with E-state index < -0.39 is 0 Å². The molecule has 1 heterocycles. The molecule has 0 unspecified atom stereocenters. The van der Waals surface area contributed by atoms with E-state index in [-0.39, 0.29) is 80.5 Å². The van der Waals surface area contributed by atoms with Crippen LogP contribution < -0.4 is 28.4 Å². The Morgan fingerprint density at radius 2 is 0.901 bits per heavy atom. The molecule has 3 radical (unpaired) electrons. The Labute approximate surface area is 503 Å². The van der Waals surface area contributed by atoms with Gasteiger partial charge in [0.15, 0.2) is 51.2 Å². The molecule has 0 aliphatic carbocycles. The average Bonchev–Trinajstić information content (AvgIpc) is 4.09. The lowest BCUT2D eigenvalue weighted by molar-refractivity contribution is 0.0501. The van der Waals surface area contributed by atoms with Crippen LogP contribution >= 0.6 is 69.6 Å². The highest BCUT2D eigenvalue weighted by Gasteiger charge is 2.16. The number of rotatable bonds is 20. The van der Waals surface area contributed by atoms with Gasteiger partial charge in [0.2, 0.25) is 0 Å². The molecule has 16 nitrogen and oxygen atoms in total. The van der Waals surface area contributed by atoms with Gasteiger partial charge in [0.1, 0.15) is 59.0 Å². The Morgan fingerprint density at radius 1 is 0.444 bits per heavy atom. The molecule has 81 heavy (non-hydrogen) atoms. The number of carbonyl (C=O) groups is 2. The van der Waals surface area contributed by atoms with Crippen LogP contribution in [0.4, 0.5) is 0 Å². The third-order valence-electron chi connectivity index (χ3n) is 9.81. The number of phenolic OH excluding ortho intramolecular Hbond substituents is 3. The van der Waals surface area contributed by atoms with Gasteiger partial charge in [-0.05, 0) is 84.6 Å². The normalized spacial score (nSPS) is 10.7. The minimum Gasteiger partial charge on any atom is -0.508 e. The summed E-state index contributed by atoms with van der Waals surface area (Å²) in [6, 6.07) is 40.0. The number of halogens is 6. The first kappa shape index (κ1) is 70.8.